The Morgan fingerprint density at radius 2 is 2.15 bits per heavy atom. The zero-order valence-electron chi connectivity index (χ0n) is 11.1. The summed E-state index contributed by atoms with van der Waals surface area (Å²) in [7, 11) is -1.74. The van der Waals surface area contributed by atoms with E-state index in [4.69, 9.17) is 5.73 Å². The summed E-state index contributed by atoms with van der Waals surface area (Å²) in [5.74, 6) is -0.633. The lowest BCUT2D eigenvalue weighted by atomic mass is 10.2. The number of benzene rings is 1. The molecule has 0 spiro atoms. The Hall–Kier alpha value is -1.15. The van der Waals surface area contributed by atoms with Gasteiger partial charge in [-0.15, -0.1) is 12.4 Å². The predicted molar refractivity (Wildman–Crippen MR) is 78.4 cm³/mol. The van der Waals surface area contributed by atoms with Crippen molar-refractivity contribution in [2.75, 3.05) is 20.1 Å². The first kappa shape index (κ1) is 16.9. The van der Waals surface area contributed by atoms with Crippen LogP contribution in [0.4, 0.5) is 0 Å². The molecule has 1 heterocycles. The number of halogens is 1. The molecular weight excluding hydrogens is 302 g/mol. The van der Waals surface area contributed by atoms with E-state index in [1.807, 2.05) is 7.05 Å². The molecule has 1 unspecified atom stereocenters. The van der Waals surface area contributed by atoms with Gasteiger partial charge in [0.25, 0.3) is 0 Å². The van der Waals surface area contributed by atoms with E-state index in [9.17, 15) is 13.2 Å². The maximum atomic E-state index is 12.4. The summed E-state index contributed by atoms with van der Waals surface area (Å²) in [6.07, 6.45) is 0.783. The minimum Gasteiger partial charge on any atom is -0.366 e. The normalized spacial score (nSPS) is 19.6. The van der Waals surface area contributed by atoms with Gasteiger partial charge in [0.2, 0.25) is 15.9 Å². The third-order valence-corrected chi connectivity index (χ3v) is 5.18. The number of rotatable bonds is 4. The molecule has 0 aliphatic carbocycles. The third kappa shape index (κ3) is 3.29. The number of nitrogens with zero attached hydrogens (tertiary/aromatic N) is 1. The molecule has 1 fully saturated rings. The largest absolute Gasteiger partial charge is 0.366 e. The average Bonchev–Trinajstić information content (AvgIpc) is 2.88. The molecule has 1 atom stereocenters. The number of hydrogen-bond acceptors (Lipinski definition) is 4. The van der Waals surface area contributed by atoms with E-state index in [1.54, 1.807) is 0 Å². The second kappa shape index (κ2) is 6.53. The number of likely N-dealkylation sites (N-methyl/N-ethyl adjacent to an activating group) is 1. The summed E-state index contributed by atoms with van der Waals surface area (Å²) in [5.41, 5.74) is 5.37. The molecule has 1 amide bonds. The van der Waals surface area contributed by atoms with Gasteiger partial charge in [-0.05, 0) is 31.7 Å². The highest BCUT2D eigenvalue weighted by Gasteiger charge is 2.31. The Morgan fingerprint density at radius 3 is 2.70 bits per heavy atom. The fourth-order valence-electron chi connectivity index (χ4n) is 2.14. The van der Waals surface area contributed by atoms with Crippen molar-refractivity contribution in [1.82, 2.24) is 9.62 Å². The molecule has 0 bridgehead atoms. The molecule has 3 N–H and O–H groups in total. The molecule has 6 nitrogen and oxygen atoms in total. The van der Waals surface area contributed by atoms with Gasteiger partial charge in [-0.3, -0.25) is 4.79 Å². The van der Waals surface area contributed by atoms with Crippen LogP contribution in [-0.4, -0.2) is 44.8 Å². The highest BCUT2D eigenvalue weighted by molar-refractivity contribution is 7.89. The van der Waals surface area contributed by atoms with Crippen LogP contribution < -0.4 is 11.1 Å². The molecule has 1 aromatic rings. The number of carbonyl (C=O) groups excluding carboxylic acids is 1. The van der Waals surface area contributed by atoms with Crippen molar-refractivity contribution in [3.05, 3.63) is 29.8 Å². The Morgan fingerprint density at radius 1 is 1.45 bits per heavy atom. The van der Waals surface area contributed by atoms with E-state index in [0.717, 1.165) is 6.42 Å². The van der Waals surface area contributed by atoms with Gasteiger partial charge in [-0.1, -0.05) is 6.07 Å². The van der Waals surface area contributed by atoms with Crippen molar-refractivity contribution in [2.24, 2.45) is 5.73 Å². The Labute approximate surface area is 124 Å². The highest BCUT2D eigenvalue weighted by Crippen LogP contribution is 2.21. The van der Waals surface area contributed by atoms with E-state index < -0.39 is 15.9 Å². The predicted octanol–water partition coefficient (Wildman–Crippen LogP) is 0.190. The van der Waals surface area contributed by atoms with Crippen molar-refractivity contribution in [2.45, 2.75) is 17.4 Å². The first-order valence-corrected chi connectivity index (χ1v) is 7.46. The topological polar surface area (TPSA) is 92.5 Å². The summed E-state index contributed by atoms with van der Waals surface area (Å²) in [4.78, 5) is 11.2. The van der Waals surface area contributed by atoms with Gasteiger partial charge in [0.1, 0.15) is 0 Å². The lowest BCUT2D eigenvalue weighted by Crippen LogP contribution is -2.33. The number of sulfonamides is 1. The van der Waals surface area contributed by atoms with Crippen LogP contribution in [0, 0.1) is 0 Å². The lowest BCUT2D eigenvalue weighted by molar-refractivity contribution is 0.1000. The summed E-state index contributed by atoms with van der Waals surface area (Å²) in [6, 6.07) is 6.01. The van der Waals surface area contributed by atoms with Gasteiger partial charge in [0.15, 0.2) is 0 Å². The van der Waals surface area contributed by atoms with E-state index in [-0.39, 0.29) is 28.9 Å². The van der Waals surface area contributed by atoms with Gasteiger partial charge in [-0.2, -0.15) is 4.31 Å². The first-order chi connectivity index (χ1) is 8.95. The second-order valence-electron chi connectivity index (χ2n) is 4.53. The SMILES string of the molecule is CNC1CCN(S(=O)(=O)c2cccc(C(N)=O)c2)C1.Cl. The molecule has 1 aliphatic heterocycles. The van der Waals surface area contributed by atoms with Crippen molar-refractivity contribution >= 4 is 28.3 Å². The highest BCUT2D eigenvalue weighted by atomic mass is 35.5. The van der Waals surface area contributed by atoms with Crippen molar-refractivity contribution in [1.29, 1.82) is 0 Å². The van der Waals surface area contributed by atoms with Crippen LogP contribution in [-0.2, 0) is 10.0 Å². The lowest BCUT2D eigenvalue weighted by Gasteiger charge is -2.16. The quantitative estimate of drug-likeness (QED) is 0.828. The second-order valence-corrected chi connectivity index (χ2v) is 6.47. The number of amides is 1. The van der Waals surface area contributed by atoms with E-state index in [0.29, 0.717) is 13.1 Å². The number of carbonyl (C=O) groups is 1. The number of primary amides is 1. The first-order valence-electron chi connectivity index (χ1n) is 6.02. The molecule has 1 aromatic carbocycles. The monoisotopic (exact) mass is 319 g/mol. The maximum Gasteiger partial charge on any atom is 0.248 e. The van der Waals surface area contributed by atoms with Gasteiger partial charge >= 0.3 is 0 Å². The summed E-state index contributed by atoms with van der Waals surface area (Å²) >= 11 is 0. The summed E-state index contributed by atoms with van der Waals surface area (Å²) < 4.78 is 26.3. The zero-order chi connectivity index (χ0) is 14.0. The van der Waals surface area contributed by atoms with Crippen molar-refractivity contribution in [3.63, 3.8) is 0 Å². The van der Waals surface area contributed by atoms with Crippen molar-refractivity contribution < 1.29 is 13.2 Å². The maximum absolute atomic E-state index is 12.4. The molecule has 8 heteroatoms. The fraction of sp³-hybridized carbons (Fsp3) is 0.417. The van der Waals surface area contributed by atoms with Crippen LogP contribution in [0.1, 0.15) is 16.8 Å². The van der Waals surface area contributed by atoms with Crippen LogP contribution >= 0.6 is 12.4 Å². The fourth-order valence-corrected chi connectivity index (χ4v) is 3.69. The van der Waals surface area contributed by atoms with E-state index in [1.165, 1.54) is 28.6 Å². The van der Waals surface area contributed by atoms with Gasteiger partial charge in [0.05, 0.1) is 4.90 Å². The standard InChI is InChI=1S/C12H17N3O3S.ClH/c1-14-10-5-6-15(8-10)19(17,18)11-4-2-3-9(7-11)12(13)16;/h2-4,7,10,14H,5-6,8H2,1H3,(H2,13,16);1H. The van der Waals surface area contributed by atoms with Gasteiger partial charge < -0.3 is 11.1 Å². The average molecular weight is 320 g/mol. The van der Waals surface area contributed by atoms with Crippen molar-refractivity contribution in [3.8, 4) is 0 Å². The molecule has 20 heavy (non-hydrogen) atoms. The van der Waals surface area contributed by atoms with E-state index in [2.05, 4.69) is 5.32 Å². The van der Waals surface area contributed by atoms with Crippen LogP contribution in [0.15, 0.2) is 29.2 Å². The van der Waals surface area contributed by atoms with Crippen LogP contribution in [0.3, 0.4) is 0 Å². The van der Waals surface area contributed by atoms with Crippen LogP contribution in [0.2, 0.25) is 0 Å². The Bertz CT molecular complexity index is 591. The third-order valence-electron chi connectivity index (χ3n) is 3.32. The molecule has 2 rings (SSSR count). The number of nitrogens with two attached hydrogens (primary N) is 1. The van der Waals surface area contributed by atoms with Crippen LogP contribution in [0.5, 0.6) is 0 Å². The summed E-state index contributed by atoms with van der Waals surface area (Å²) in [6.45, 7) is 0.925. The Kier molecular flexibility index (Phi) is 5.52. The van der Waals surface area contributed by atoms with Gasteiger partial charge in [-0.25, -0.2) is 8.42 Å². The molecule has 0 saturated carbocycles. The van der Waals surface area contributed by atoms with Crippen LogP contribution in [0.25, 0.3) is 0 Å². The smallest absolute Gasteiger partial charge is 0.248 e. The molecule has 1 aliphatic rings. The molecule has 0 aromatic heterocycles. The number of hydrogen-bond donors (Lipinski definition) is 2. The molecular formula is C12H18ClN3O3S. The minimum atomic E-state index is -3.55. The minimum absolute atomic E-state index is 0. The zero-order valence-corrected chi connectivity index (χ0v) is 12.7. The molecule has 0 radical (unpaired) electrons. The number of nitrogens with one attached hydrogen (secondary N) is 1. The Balaban J connectivity index is 0.00000200. The van der Waals surface area contributed by atoms with Gasteiger partial charge in [0, 0.05) is 24.7 Å². The molecule has 1 saturated heterocycles. The molecule has 112 valence electrons. The van der Waals surface area contributed by atoms with E-state index >= 15 is 0 Å². The summed E-state index contributed by atoms with van der Waals surface area (Å²) in [5, 5.41) is 3.07.